The van der Waals surface area contributed by atoms with Crippen molar-refractivity contribution < 1.29 is 18.0 Å². The maximum Gasteiger partial charge on any atom is 0.406 e. The standard InChI is InChI=1S/C14H18F3N3O2S/c1-9-10(2)23-7-6-20(9)13(22)18-11-4-3-5-19(12(11)21)8-14(15,16)17/h3-5,9-10H,6-8H2,1-2H3,(H,18,22)/t9-,10-/m1/s1. The maximum atomic E-state index is 12.4. The second-order valence-corrected chi connectivity index (χ2v) is 6.90. The molecule has 0 unspecified atom stereocenters. The summed E-state index contributed by atoms with van der Waals surface area (Å²) in [5.74, 6) is 0.784. The molecule has 2 rings (SSSR count). The van der Waals surface area contributed by atoms with E-state index in [0.29, 0.717) is 11.1 Å². The second-order valence-electron chi connectivity index (χ2n) is 5.41. The predicted molar refractivity (Wildman–Crippen MR) is 83.9 cm³/mol. The Morgan fingerprint density at radius 1 is 1.43 bits per heavy atom. The first-order valence-corrected chi connectivity index (χ1v) is 8.19. The lowest BCUT2D eigenvalue weighted by Crippen LogP contribution is -2.50. The van der Waals surface area contributed by atoms with Crippen molar-refractivity contribution in [2.75, 3.05) is 17.6 Å². The minimum absolute atomic E-state index is 0.0186. The van der Waals surface area contributed by atoms with Gasteiger partial charge in [-0.2, -0.15) is 24.9 Å². The zero-order chi connectivity index (χ0) is 17.2. The number of amides is 2. The number of rotatable bonds is 2. The van der Waals surface area contributed by atoms with Crippen LogP contribution < -0.4 is 10.9 Å². The van der Waals surface area contributed by atoms with Crippen LogP contribution in [0.3, 0.4) is 0 Å². The molecule has 1 saturated heterocycles. The Morgan fingerprint density at radius 2 is 2.13 bits per heavy atom. The van der Waals surface area contributed by atoms with E-state index in [0.717, 1.165) is 11.9 Å². The van der Waals surface area contributed by atoms with E-state index >= 15 is 0 Å². The van der Waals surface area contributed by atoms with Crippen molar-refractivity contribution >= 4 is 23.5 Å². The predicted octanol–water partition coefficient (Wildman–Crippen LogP) is 2.77. The number of hydrogen-bond acceptors (Lipinski definition) is 3. The van der Waals surface area contributed by atoms with Crippen molar-refractivity contribution in [3.05, 3.63) is 28.7 Å². The fraction of sp³-hybridized carbons (Fsp3) is 0.571. The maximum absolute atomic E-state index is 12.4. The van der Waals surface area contributed by atoms with E-state index in [2.05, 4.69) is 5.32 Å². The third kappa shape index (κ3) is 4.43. The first-order chi connectivity index (χ1) is 10.7. The Morgan fingerprint density at radius 3 is 2.78 bits per heavy atom. The van der Waals surface area contributed by atoms with Crippen LogP contribution in [0.4, 0.5) is 23.7 Å². The molecule has 0 aromatic carbocycles. The summed E-state index contributed by atoms with van der Waals surface area (Å²) in [6.07, 6.45) is -3.45. The van der Waals surface area contributed by atoms with Crippen molar-refractivity contribution in [1.29, 1.82) is 0 Å². The minimum Gasteiger partial charge on any atom is -0.320 e. The van der Waals surface area contributed by atoms with E-state index in [1.165, 1.54) is 12.1 Å². The molecule has 1 aliphatic heterocycles. The first-order valence-electron chi connectivity index (χ1n) is 7.14. The molecule has 2 heterocycles. The number of hydrogen-bond donors (Lipinski definition) is 1. The Balaban J connectivity index is 2.15. The number of pyridine rings is 1. The summed E-state index contributed by atoms with van der Waals surface area (Å²) in [6, 6.07) is 2.13. The molecule has 1 aromatic rings. The highest BCUT2D eigenvalue weighted by Gasteiger charge is 2.30. The molecule has 1 fully saturated rings. The van der Waals surface area contributed by atoms with Gasteiger partial charge in [0.1, 0.15) is 12.2 Å². The van der Waals surface area contributed by atoms with Crippen molar-refractivity contribution in [1.82, 2.24) is 9.47 Å². The molecule has 1 aliphatic rings. The summed E-state index contributed by atoms with van der Waals surface area (Å²) in [5, 5.41) is 2.69. The van der Waals surface area contributed by atoms with Crippen LogP contribution in [0.25, 0.3) is 0 Å². The molecule has 5 nitrogen and oxygen atoms in total. The van der Waals surface area contributed by atoms with Gasteiger partial charge in [0.05, 0.1) is 0 Å². The average Bonchev–Trinajstić information content (AvgIpc) is 2.44. The zero-order valence-corrected chi connectivity index (χ0v) is 13.6. The highest BCUT2D eigenvalue weighted by Crippen LogP contribution is 2.24. The van der Waals surface area contributed by atoms with E-state index in [1.807, 2.05) is 13.8 Å². The molecular weight excluding hydrogens is 331 g/mol. The molecule has 0 bridgehead atoms. The van der Waals surface area contributed by atoms with E-state index in [1.54, 1.807) is 16.7 Å². The Kier molecular flexibility index (Phi) is 5.28. The van der Waals surface area contributed by atoms with Crippen LogP contribution in [0.15, 0.2) is 23.1 Å². The number of halogens is 3. The van der Waals surface area contributed by atoms with Crippen LogP contribution in [0.1, 0.15) is 13.8 Å². The molecule has 0 radical (unpaired) electrons. The topological polar surface area (TPSA) is 54.3 Å². The van der Waals surface area contributed by atoms with E-state index in [9.17, 15) is 22.8 Å². The average molecular weight is 349 g/mol. The Hall–Kier alpha value is -1.64. The van der Waals surface area contributed by atoms with Gasteiger partial charge in [0.2, 0.25) is 0 Å². The van der Waals surface area contributed by atoms with Gasteiger partial charge < -0.3 is 14.8 Å². The summed E-state index contributed by atoms with van der Waals surface area (Å²) in [4.78, 5) is 25.9. The van der Waals surface area contributed by atoms with Crippen molar-refractivity contribution in [2.24, 2.45) is 0 Å². The van der Waals surface area contributed by atoms with Gasteiger partial charge in [-0.3, -0.25) is 4.79 Å². The number of anilines is 1. The second kappa shape index (κ2) is 6.86. The van der Waals surface area contributed by atoms with Crippen LogP contribution in [0.5, 0.6) is 0 Å². The number of nitrogens with one attached hydrogen (secondary N) is 1. The third-order valence-electron chi connectivity index (χ3n) is 3.76. The summed E-state index contributed by atoms with van der Waals surface area (Å²) in [7, 11) is 0. The summed E-state index contributed by atoms with van der Waals surface area (Å²) in [5.41, 5.74) is -1.02. The summed E-state index contributed by atoms with van der Waals surface area (Å²) < 4.78 is 37.9. The third-order valence-corrected chi connectivity index (χ3v) is 5.09. The Bertz CT molecular complexity index is 632. The lowest BCUT2D eigenvalue weighted by molar-refractivity contribution is -0.141. The van der Waals surface area contributed by atoms with Crippen molar-refractivity contribution in [2.45, 2.75) is 37.9 Å². The van der Waals surface area contributed by atoms with Gasteiger partial charge in [0, 0.05) is 29.8 Å². The fourth-order valence-electron chi connectivity index (χ4n) is 2.36. The molecule has 0 saturated carbocycles. The molecular formula is C14H18F3N3O2S. The Labute approximate surface area is 135 Å². The largest absolute Gasteiger partial charge is 0.406 e. The first kappa shape index (κ1) is 17.7. The normalized spacial score (nSPS) is 22.0. The number of thioether (sulfide) groups is 1. The highest BCUT2D eigenvalue weighted by atomic mass is 32.2. The molecule has 0 aliphatic carbocycles. The van der Waals surface area contributed by atoms with Crippen LogP contribution in [0.2, 0.25) is 0 Å². The summed E-state index contributed by atoms with van der Waals surface area (Å²) in [6.45, 7) is 3.06. The zero-order valence-electron chi connectivity index (χ0n) is 12.8. The molecule has 1 aromatic heterocycles. The number of nitrogens with zero attached hydrogens (tertiary/aromatic N) is 2. The van der Waals surface area contributed by atoms with Crippen molar-refractivity contribution in [3.63, 3.8) is 0 Å². The highest BCUT2D eigenvalue weighted by molar-refractivity contribution is 8.00. The summed E-state index contributed by atoms with van der Waals surface area (Å²) >= 11 is 1.75. The van der Waals surface area contributed by atoms with Crippen LogP contribution in [-0.2, 0) is 6.54 Å². The lowest BCUT2D eigenvalue weighted by Gasteiger charge is -2.37. The molecule has 1 N–H and O–H groups in total. The van der Waals surface area contributed by atoms with Crippen LogP contribution >= 0.6 is 11.8 Å². The number of urea groups is 1. The number of aromatic nitrogens is 1. The fourth-order valence-corrected chi connectivity index (χ4v) is 3.46. The molecule has 9 heteroatoms. The van der Waals surface area contributed by atoms with Gasteiger partial charge >= 0.3 is 12.2 Å². The van der Waals surface area contributed by atoms with Crippen molar-refractivity contribution in [3.8, 4) is 0 Å². The van der Waals surface area contributed by atoms with E-state index < -0.39 is 24.3 Å². The van der Waals surface area contributed by atoms with Crippen LogP contribution in [-0.4, -0.2) is 45.3 Å². The molecule has 128 valence electrons. The van der Waals surface area contributed by atoms with E-state index in [-0.39, 0.29) is 17.0 Å². The molecule has 2 amide bonds. The van der Waals surface area contributed by atoms with Gasteiger partial charge in [0.15, 0.2) is 0 Å². The molecule has 0 spiro atoms. The SMILES string of the molecule is C[C@@H]1[C@@H](C)SCCN1C(=O)Nc1cccn(CC(F)(F)F)c1=O. The van der Waals surface area contributed by atoms with E-state index in [4.69, 9.17) is 0 Å². The number of carbonyl (C=O) groups is 1. The van der Waals surface area contributed by atoms with Gasteiger partial charge in [-0.25, -0.2) is 4.79 Å². The van der Waals surface area contributed by atoms with Gasteiger partial charge in [0.25, 0.3) is 5.56 Å². The lowest BCUT2D eigenvalue weighted by atomic mass is 10.2. The smallest absolute Gasteiger partial charge is 0.320 e. The molecule has 23 heavy (non-hydrogen) atoms. The molecule has 2 atom stereocenters. The number of carbonyl (C=O) groups excluding carboxylic acids is 1. The van der Waals surface area contributed by atoms with Gasteiger partial charge in [-0.15, -0.1) is 0 Å². The van der Waals surface area contributed by atoms with Gasteiger partial charge in [-0.1, -0.05) is 6.92 Å². The minimum atomic E-state index is -4.50. The number of alkyl halides is 3. The van der Waals surface area contributed by atoms with Gasteiger partial charge in [-0.05, 0) is 19.1 Å². The quantitative estimate of drug-likeness (QED) is 0.893. The monoisotopic (exact) mass is 349 g/mol. The van der Waals surface area contributed by atoms with Crippen LogP contribution in [0, 0.1) is 0 Å².